The highest BCUT2D eigenvalue weighted by atomic mass is 16.5. The molecule has 0 bridgehead atoms. The summed E-state index contributed by atoms with van der Waals surface area (Å²) in [5, 5.41) is 0. The second-order valence-electron chi connectivity index (χ2n) is 6.25. The Bertz CT molecular complexity index is 434. The topological polar surface area (TPSA) is 52.6 Å². The molecule has 21 heavy (non-hydrogen) atoms. The number of hydrogen-bond donors (Lipinski definition) is 0. The van der Waals surface area contributed by atoms with Crippen molar-refractivity contribution in [1.29, 1.82) is 0 Å². The molecule has 0 saturated heterocycles. The molecule has 4 nitrogen and oxygen atoms in total. The third kappa shape index (κ3) is 4.45. The van der Waals surface area contributed by atoms with E-state index < -0.39 is 5.97 Å². The largest absolute Gasteiger partial charge is 0.501 e. The lowest BCUT2D eigenvalue weighted by molar-refractivity contribution is -0.135. The highest BCUT2D eigenvalue weighted by Crippen LogP contribution is 2.48. The monoisotopic (exact) mass is 294 g/mol. The van der Waals surface area contributed by atoms with E-state index in [2.05, 4.69) is 25.2 Å². The van der Waals surface area contributed by atoms with Gasteiger partial charge in [-0.05, 0) is 24.2 Å². The van der Waals surface area contributed by atoms with E-state index >= 15 is 0 Å². The molecule has 0 aliphatic heterocycles. The normalized spacial score (nSPS) is 24.8. The van der Waals surface area contributed by atoms with Gasteiger partial charge in [0.15, 0.2) is 0 Å². The highest BCUT2D eigenvalue weighted by Gasteiger charge is 2.47. The van der Waals surface area contributed by atoms with E-state index in [1.807, 2.05) is 6.08 Å². The molecular weight excluding hydrogens is 268 g/mol. The minimum atomic E-state index is -0.459. The molecule has 1 saturated carbocycles. The van der Waals surface area contributed by atoms with Gasteiger partial charge in [0.05, 0.1) is 20.3 Å². The van der Waals surface area contributed by atoms with Crippen LogP contribution in [-0.2, 0) is 19.1 Å². The summed E-state index contributed by atoms with van der Waals surface area (Å²) >= 11 is 0. The van der Waals surface area contributed by atoms with Gasteiger partial charge >= 0.3 is 5.97 Å². The van der Waals surface area contributed by atoms with Gasteiger partial charge in [0.2, 0.25) is 0 Å². The molecule has 4 heteroatoms. The average molecular weight is 294 g/mol. The summed E-state index contributed by atoms with van der Waals surface area (Å²) in [4.78, 5) is 23.7. The second-order valence-corrected chi connectivity index (χ2v) is 6.25. The number of carbonyl (C=O) groups is 2. The summed E-state index contributed by atoms with van der Waals surface area (Å²) in [7, 11) is 2.83. The maximum atomic E-state index is 12.3. The standard InChI is InChI=1S/C17H26O4/c1-6-7-8-14-13(15(18)11-17(14,2)3)9-12(20-4)10-16(19)21-5/h6,10,13-14H,1,7-9,11H2,2-5H3/b12-10-/t13-,14-/m0/s1. The van der Waals surface area contributed by atoms with Gasteiger partial charge in [0.25, 0.3) is 0 Å². The van der Waals surface area contributed by atoms with E-state index in [0.717, 1.165) is 12.8 Å². The fraction of sp³-hybridized carbons (Fsp3) is 0.647. The number of ketones is 1. The Balaban J connectivity index is 2.91. The molecular formula is C17H26O4. The second kappa shape index (κ2) is 7.43. The summed E-state index contributed by atoms with van der Waals surface area (Å²) in [5.41, 5.74) is -0.0190. The van der Waals surface area contributed by atoms with Crippen molar-refractivity contribution in [2.75, 3.05) is 14.2 Å². The van der Waals surface area contributed by atoms with E-state index in [1.54, 1.807) is 0 Å². The highest BCUT2D eigenvalue weighted by molar-refractivity contribution is 5.85. The Kier molecular flexibility index (Phi) is 6.19. The van der Waals surface area contributed by atoms with Crippen LogP contribution in [0.2, 0.25) is 0 Å². The molecule has 0 aromatic heterocycles. The number of carbonyl (C=O) groups excluding carboxylic acids is 2. The molecule has 0 heterocycles. The van der Waals surface area contributed by atoms with Crippen molar-refractivity contribution >= 4 is 11.8 Å². The van der Waals surface area contributed by atoms with Crippen LogP contribution in [0.4, 0.5) is 0 Å². The van der Waals surface area contributed by atoms with Crippen LogP contribution in [0.3, 0.4) is 0 Å². The number of methoxy groups -OCH3 is 2. The van der Waals surface area contributed by atoms with E-state index in [4.69, 9.17) is 4.74 Å². The van der Waals surface area contributed by atoms with Crippen molar-refractivity contribution < 1.29 is 19.1 Å². The lowest BCUT2D eigenvalue weighted by Gasteiger charge is -2.29. The van der Waals surface area contributed by atoms with Gasteiger partial charge in [0, 0.05) is 18.8 Å². The van der Waals surface area contributed by atoms with Gasteiger partial charge in [0.1, 0.15) is 11.5 Å². The minimum absolute atomic E-state index is 0.0190. The summed E-state index contributed by atoms with van der Waals surface area (Å²) in [5.74, 6) is 0.470. The number of allylic oxidation sites excluding steroid dienone is 2. The first kappa shape index (κ1) is 17.5. The van der Waals surface area contributed by atoms with Crippen LogP contribution >= 0.6 is 0 Å². The first-order valence-corrected chi connectivity index (χ1v) is 7.31. The molecule has 1 rings (SSSR count). The zero-order valence-corrected chi connectivity index (χ0v) is 13.5. The van der Waals surface area contributed by atoms with Gasteiger partial charge in [-0.15, -0.1) is 6.58 Å². The summed E-state index contributed by atoms with van der Waals surface area (Å²) < 4.78 is 9.85. The van der Waals surface area contributed by atoms with Crippen molar-refractivity contribution in [2.24, 2.45) is 17.3 Å². The molecule has 0 unspecified atom stereocenters. The molecule has 0 N–H and O–H groups in total. The van der Waals surface area contributed by atoms with Crippen LogP contribution in [0.15, 0.2) is 24.5 Å². The SMILES string of the molecule is C=CCC[C@H]1[C@H](C/C(=C/C(=O)OC)OC)C(=O)CC1(C)C. The molecule has 0 radical (unpaired) electrons. The zero-order valence-electron chi connectivity index (χ0n) is 13.5. The summed E-state index contributed by atoms with van der Waals surface area (Å²) in [6.45, 7) is 8.03. The molecule has 0 aromatic rings. The average Bonchev–Trinajstić information content (AvgIpc) is 2.64. The van der Waals surface area contributed by atoms with Crippen molar-refractivity contribution in [1.82, 2.24) is 0 Å². The van der Waals surface area contributed by atoms with Crippen LogP contribution in [-0.4, -0.2) is 26.0 Å². The van der Waals surface area contributed by atoms with Crippen molar-refractivity contribution in [2.45, 2.75) is 39.5 Å². The van der Waals surface area contributed by atoms with E-state index in [0.29, 0.717) is 18.6 Å². The van der Waals surface area contributed by atoms with Crippen molar-refractivity contribution in [3.8, 4) is 0 Å². The Morgan fingerprint density at radius 3 is 2.57 bits per heavy atom. The van der Waals surface area contributed by atoms with Gasteiger partial charge in [-0.25, -0.2) is 4.79 Å². The third-order valence-electron chi connectivity index (χ3n) is 4.38. The maximum absolute atomic E-state index is 12.3. The quantitative estimate of drug-likeness (QED) is 0.313. The van der Waals surface area contributed by atoms with Crippen molar-refractivity contribution in [3.05, 3.63) is 24.5 Å². The fourth-order valence-corrected chi connectivity index (χ4v) is 3.23. The summed E-state index contributed by atoms with van der Waals surface area (Å²) in [6, 6.07) is 0. The summed E-state index contributed by atoms with van der Waals surface area (Å²) in [6.07, 6.45) is 6.06. The molecule has 0 amide bonds. The zero-order chi connectivity index (χ0) is 16.0. The number of hydrogen-bond acceptors (Lipinski definition) is 4. The Morgan fingerprint density at radius 2 is 2.05 bits per heavy atom. The molecule has 0 spiro atoms. The van der Waals surface area contributed by atoms with Crippen molar-refractivity contribution in [3.63, 3.8) is 0 Å². The Morgan fingerprint density at radius 1 is 1.38 bits per heavy atom. The third-order valence-corrected chi connectivity index (χ3v) is 4.38. The fourth-order valence-electron chi connectivity index (χ4n) is 3.23. The van der Waals surface area contributed by atoms with E-state index in [1.165, 1.54) is 20.3 Å². The minimum Gasteiger partial charge on any atom is -0.501 e. The van der Waals surface area contributed by atoms with Gasteiger partial charge in [-0.2, -0.15) is 0 Å². The predicted octanol–water partition coefficient (Wildman–Crippen LogP) is 3.28. The van der Waals surface area contributed by atoms with Gasteiger partial charge in [-0.3, -0.25) is 4.79 Å². The first-order chi connectivity index (χ1) is 9.85. The van der Waals surface area contributed by atoms with E-state index in [9.17, 15) is 9.59 Å². The smallest absolute Gasteiger partial charge is 0.333 e. The molecule has 0 aromatic carbocycles. The van der Waals surface area contributed by atoms with Crippen LogP contribution in [0, 0.1) is 17.3 Å². The number of ether oxygens (including phenoxy) is 2. The Hall–Kier alpha value is -1.58. The molecule has 1 aliphatic carbocycles. The molecule has 1 aliphatic rings. The number of rotatable bonds is 7. The lowest BCUT2D eigenvalue weighted by Crippen LogP contribution is -2.23. The predicted molar refractivity (Wildman–Crippen MR) is 81.5 cm³/mol. The molecule has 1 fully saturated rings. The molecule has 2 atom stereocenters. The van der Waals surface area contributed by atoms with E-state index in [-0.39, 0.29) is 23.0 Å². The van der Waals surface area contributed by atoms with Gasteiger partial charge < -0.3 is 9.47 Å². The van der Waals surface area contributed by atoms with Crippen LogP contribution in [0.1, 0.15) is 39.5 Å². The molecule has 118 valence electrons. The Labute approximate surface area is 127 Å². The van der Waals surface area contributed by atoms with Crippen LogP contribution < -0.4 is 0 Å². The van der Waals surface area contributed by atoms with Crippen LogP contribution in [0.25, 0.3) is 0 Å². The maximum Gasteiger partial charge on any atom is 0.333 e. The number of Topliss-reactive ketones (excluding diaryl/α,β-unsaturated/α-hetero) is 1. The first-order valence-electron chi connectivity index (χ1n) is 7.31. The van der Waals surface area contributed by atoms with Crippen LogP contribution in [0.5, 0.6) is 0 Å². The van der Waals surface area contributed by atoms with Gasteiger partial charge in [-0.1, -0.05) is 19.9 Å². The lowest BCUT2D eigenvalue weighted by atomic mass is 9.75. The number of esters is 1.